The van der Waals surface area contributed by atoms with Crippen LogP contribution >= 0.6 is 0 Å². The molecule has 1 aliphatic carbocycles. The lowest BCUT2D eigenvalue weighted by molar-refractivity contribution is -0.139. The van der Waals surface area contributed by atoms with Gasteiger partial charge >= 0.3 is 0 Å². The molecule has 3 atom stereocenters. The Balaban J connectivity index is 1.73. The fourth-order valence-corrected chi connectivity index (χ4v) is 3.52. The van der Waals surface area contributed by atoms with Crippen molar-refractivity contribution in [2.24, 2.45) is 11.8 Å². The minimum Gasteiger partial charge on any atom is -0.396 e. The van der Waals surface area contributed by atoms with Crippen molar-refractivity contribution >= 4 is 5.91 Å². The molecule has 0 radical (unpaired) electrons. The number of hydrogen-bond acceptors (Lipinski definition) is 2. The van der Waals surface area contributed by atoms with Gasteiger partial charge in [-0.15, -0.1) is 0 Å². The second-order valence-electron chi connectivity index (χ2n) is 5.35. The Morgan fingerprint density at radius 3 is 2.60 bits per heavy atom. The Morgan fingerprint density at radius 2 is 2.07 bits per heavy atom. The van der Waals surface area contributed by atoms with Crippen molar-refractivity contribution < 1.29 is 9.90 Å². The molecule has 3 heteroatoms. The highest BCUT2D eigenvalue weighted by Crippen LogP contribution is 2.43. The molecule has 1 N–H and O–H groups in total. The summed E-state index contributed by atoms with van der Waals surface area (Å²) in [6, 6.07) is 0.827. The summed E-state index contributed by atoms with van der Waals surface area (Å²) in [5.41, 5.74) is 0. The molecule has 1 amide bonds. The van der Waals surface area contributed by atoms with E-state index in [1.54, 1.807) is 0 Å². The maximum atomic E-state index is 12.2. The zero-order valence-electron chi connectivity index (χ0n) is 9.06. The van der Waals surface area contributed by atoms with Crippen LogP contribution in [0.5, 0.6) is 0 Å². The van der Waals surface area contributed by atoms with Gasteiger partial charge in [-0.05, 0) is 32.1 Å². The highest BCUT2D eigenvalue weighted by molar-refractivity contribution is 5.81. The van der Waals surface area contributed by atoms with Crippen LogP contribution in [0.3, 0.4) is 0 Å². The van der Waals surface area contributed by atoms with Gasteiger partial charge in [0.1, 0.15) is 0 Å². The van der Waals surface area contributed by atoms with E-state index < -0.39 is 0 Å². The van der Waals surface area contributed by atoms with E-state index in [2.05, 4.69) is 4.90 Å². The number of nitrogens with zero attached hydrogens (tertiary/aromatic N) is 1. The Morgan fingerprint density at radius 1 is 1.27 bits per heavy atom. The van der Waals surface area contributed by atoms with Gasteiger partial charge in [0.15, 0.2) is 0 Å². The zero-order valence-corrected chi connectivity index (χ0v) is 9.06. The first-order chi connectivity index (χ1) is 7.31. The van der Waals surface area contributed by atoms with Crippen molar-refractivity contribution in [2.45, 2.75) is 50.6 Å². The highest BCUT2D eigenvalue weighted by atomic mass is 16.3. The summed E-state index contributed by atoms with van der Waals surface area (Å²) in [5, 5.41) is 9.26. The van der Waals surface area contributed by atoms with E-state index >= 15 is 0 Å². The topological polar surface area (TPSA) is 40.5 Å². The lowest BCUT2D eigenvalue weighted by atomic mass is 9.84. The molecule has 3 aliphatic rings. The smallest absolute Gasteiger partial charge is 0.226 e. The van der Waals surface area contributed by atoms with Crippen LogP contribution in [0.2, 0.25) is 0 Å². The number of amides is 1. The predicted molar refractivity (Wildman–Crippen MR) is 56.2 cm³/mol. The Hall–Kier alpha value is -0.570. The second-order valence-corrected chi connectivity index (χ2v) is 5.35. The monoisotopic (exact) mass is 209 g/mol. The van der Waals surface area contributed by atoms with Crippen molar-refractivity contribution in [3.63, 3.8) is 0 Å². The number of rotatable bonds is 2. The summed E-state index contributed by atoms with van der Waals surface area (Å²) in [5.74, 6) is 1.09. The first-order valence-electron chi connectivity index (χ1n) is 6.24. The van der Waals surface area contributed by atoms with Crippen molar-refractivity contribution in [3.05, 3.63) is 0 Å². The fourth-order valence-electron chi connectivity index (χ4n) is 3.52. The van der Waals surface area contributed by atoms with E-state index in [4.69, 9.17) is 0 Å². The summed E-state index contributed by atoms with van der Waals surface area (Å²) in [7, 11) is 0. The number of fused-ring (bicyclic) bond motifs is 2. The summed E-state index contributed by atoms with van der Waals surface area (Å²) in [4.78, 5) is 14.3. The van der Waals surface area contributed by atoms with Crippen molar-refractivity contribution in [1.82, 2.24) is 4.90 Å². The third-order valence-corrected chi connectivity index (χ3v) is 4.61. The van der Waals surface area contributed by atoms with Crippen LogP contribution in [0.4, 0.5) is 0 Å². The molecule has 3 unspecified atom stereocenters. The van der Waals surface area contributed by atoms with E-state index in [1.807, 2.05) is 0 Å². The largest absolute Gasteiger partial charge is 0.396 e. The molecule has 0 aromatic carbocycles. The summed E-state index contributed by atoms with van der Waals surface area (Å²) < 4.78 is 0. The van der Waals surface area contributed by atoms with Gasteiger partial charge in [-0.2, -0.15) is 0 Å². The van der Waals surface area contributed by atoms with Gasteiger partial charge in [0.25, 0.3) is 0 Å². The standard InChI is InChI=1S/C12H19NO2/c14-7-9-6-10-4-5-11(9)13(10)12(15)8-2-1-3-8/h8-11,14H,1-7H2. The van der Waals surface area contributed by atoms with Gasteiger partial charge in [0.05, 0.1) is 0 Å². The van der Waals surface area contributed by atoms with Crippen LogP contribution in [0.15, 0.2) is 0 Å². The predicted octanol–water partition coefficient (Wildman–Crippen LogP) is 1.16. The highest BCUT2D eigenvalue weighted by Gasteiger charge is 2.49. The Bertz CT molecular complexity index is 275. The van der Waals surface area contributed by atoms with Crippen LogP contribution in [0.25, 0.3) is 0 Å². The molecule has 2 heterocycles. The number of aliphatic hydroxyl groups is 1. The molecule has 0 spiro atoms. The molecule has 0 aromatic heterocycles. The number of carbonyl (C=O) groups excluding carboxylic acids is 1. The van der Waals surface area contributed by atoms with Gasteiger partial charge in [0, 0.05) is 30.5 Å². The zero-order chi connectivity index (χ0) is 10.4. The number of aliphatic hydroxyl groups excluding tert-OH is 1. The number of hydrogen-bond donors (Lipinski definition) is 1. The van der Waals surface area contributed by atoms with E-state index in [0.717, 1.165) is 25.7 Å². The average Bonchev–Trinajstić information content (AvgIpc) is 2.70. The van der Waals surface area contributed by atoms with Crippen LogP contribution in [-0.4, -0.2) is 34.6 Å². The van der Waals surface area contributed by atoms with Crippen molar-refractivity contribution in [1.29, 1.82) is 0 Å². The van der Waals surface area contributed by atoms with Gasteiger partial charge < -0.3 is 10.0 Å². The van der Waals surface area contributed by atoms with Crippen molar-refractivity contribution in [3.8, 4) is 0 Å². The maximum absolute atomic E-state index is 12.2. The Kier molecular flexibility index (Phi) is 2.23. The third-order valence-electron chi connectivity index (χ3n) is 4.61. The number of carbonyl (C=O) groups is 1. The van der Waals surface area contributed by atoms with Gasteiger partial charge in [0.2, 0.25) is 5.91 Å². The molecule has 3 nitrogen and oxygen atoms in total. The molecular formula is C12H19NO2. The first-order valence-corrected chi connectivity index (χ1v) is 6.24. The third kappa shape index (κ3) is 1.32. The second kappa shape index (κ2) is 3.48. The summed E-state index contributed by atoms with van der Waals surface area (Å²) in [6.07, 6.45) is 6.74. The van der Waals surface area contributed by atoms with Gasteiger partial charge in [-0.3, -0.25) is 4.79 Å². The summed E-state index contributed by atoms with van der Waals surface area (Å²) in [6.45, 7) is 0.260. The summed E-state index contributed by atoms with van der Waals surface area (Å²) >= 11 is 0. The molecule has 0 aromatic rings. The fraction of sp³-hybridized carbons (Fsp3) is 0.917. The average molecular weight is 209 g/mol. The molecule has 3 rings (SSSR count). The normalized spacial score (nSPS) is 39.5. The van der Waals surface area contributed by atoms with Crippen LogP contribution < -0.4 is 0 Å². The van der Waals surface area contributed by atoms with Crippen LogP contribution in [0.1, 0.15) is 38.5 Å². The van der Waals surface area contributed by atoms with E-state index in [1.165, 1.54) is 12.8 Å². The molecule has 2 aliphatic heterocycles. The molecule has 3 fully saturated rings. The van der Waals surface area contributed by atoms with E-state index in [9.17, 15) is 9.90 Å². The minimum absolute atomic E-state index is 0.260. The van der Waals surface area contributed by atoms with Crippen LogP contribution in [0, 0.1) is 11.8 Å². The van der Waals surface area contributed by atoms with E-state index in [0.29, 0.717) is 29.8 Å². The SMILES string of the molecule is O=C(C1CCC1)N1C2CCC1C(CO)C2. The molecule has 2 saturated heterocycles. The molecule has 1 saturated carbocycles. The van der Waals surface area contributed by atoms with Gasteiger partial charge in [-0.1, -0.05) is 6.42 Å². The minimum atomic E-state index is 0.260. The lowest BCUT2D eigenvalue weighted by Gasteiger charge is -2.32. The maximum Gasteiger partial charge on any atom is 0.226 e. The first kappa shape index (κ1) is 9.64. The van der Waals surface area contributed by atoms with Crippen LogP contribution in [-0.2, 0) is 4.79 Å². The lowest BCUT2D eigenvalue weighted by Crippen LogP contribution is -2.42. The molecule has 2 bridgehead atoms. The van der Waals surface area contributed by atoms with Crippen molar-refractivity contribution in [2.75, 3.05) is 6.61 Å². The molecule has 84 valence electrons. The van der Waals surface area contributed by atoms with E-state index in [-0.39, 0.29) is 6.61 Å². The Labute approximate surface area is 90.5 Å². The van der Waals surface area contributed by atoms with Gasteiger partial charge in [-0.25, -0.2) is 0 Å². The quantitative estimate of drug-likeness (QED) is 0.741. The molecular weight excluding hydrogens is 190 g/mol. The molecule has 15 heavy (non-hydrogen) atoms.